The van der Waals surface area contributed by atoms with E-state index in [9.17, 15) is 0 Å². The number of aromatic nitrogens is 3. The fourth-order valence-corrected chi connectivity index (χ4v) is 5.16. The zero-order chi connectivity index (χ0) is 21.4. The van der Waals surface area contributed by atoms with Gasteiger partial charge in [-0.25, -0.2) is 4.98 Å². The molecule has 0 bridgehead atoms. The van der Waals surface area contributed by atoms with E-state index in [1.54, 1.807) is 0 Å². The Morgan fingerprint density at radius 3 is 2.77 bits per heavy atom. The number of hydrogen-bond donors (Lipinski definition) is 1. The van der Waals surface area contributed by atoms with E-state index < -0.39 is 0 Å². The molecule has 1 aliphatic heterocycles. The molecule has 0 aromatic carbocycles. The van der Waals surface area contributed by atoms with E-state index >= 15 is 0 Å². The van der Waals surface area contributed by atoms with Crippen LogP contribution in [0.2, 0.25) is 0 Å². The second-order valence-electron chi connectivity index (χ2n) is 8.95. The highest BCUT2D eigenvalue weighted by molar-refractivity contribution is 5.55. The molecule has 7 heteroatoms. The SMILES string of the molecule is CN1CCN(c2cccc3nc(CN(C)[C@H]4CCCc5cccnc54)c(CN)n23)CC1. The number of anilines is 1. The predicted molar refractivity (Wildman–Crippen MR) is 124 cm³/mol. The van der Waals surface area contributed by atoms with E-state index in [1.165, 1.54) is 23.5 Å². The lowest BCUT2D eigenvalue weighted by molar-refractivity contribution is 0.206. The van der Waals surface area contributed by atoms with Crippen LogP contribution in [-0.2, 0) is 19.5 Å². The predicted octanol–water partition coefficient (Wildman–Crippen LogP) is 2.45. The summed E-state index contributed by atoms with van der Waals surface area (Å²) in [5.74, 6) is 1.21. The van der Waals surface area contributed by atoms with Gasteiger partial charge in [0.05, 0.1) is 23.1 Å². The Bertz CT molecular complexity index is 1050. The van der Waals surface area contributed by atoms with Crippen molar-refractivity contribution < 1.29 is 0 Å². The summed E-state index contributed by atoms with van der Waals surface area (Å²) in [4.78, 5) is 17.0. The number of piperazine rings is 1. The molecule has 0 unspecified atom stereocenters. The van der Waals surface area contributed by atoms with Gasteiger partial charge in [-0.2, -0.15) is 0 Å². The van der Waals surface area contributed by atoms with Crippen molar-refractivity contribution in [3.05, 3.63) is 59.2 Å². The van der Waals surface area contributed by atoms with Crippen LogP contribution in [0.5, 0.6) is 0 Å². The monoisotopic (exact) mass is 419 g/mol. The van der Waals surface area contributed by atoms with Crippen LogP contribution in [0.25, 0.3) is 5.65 Å². The first-order valence-corrected chi connectivity index (χ1v) is 11.4. The van der Waals surface area contributed by atoms with Crippen LogP contribution in [0.15, 0.2) is 36.5 Å². The van der Waals surface area contributed by atoms with Crippen molar-refractivity contribution >= 4 is 11.5 Å². The molecular formula is C24H33N7. The number of nitrogens with zero attached hydrogens (tertiary/aromatic N) is 6. The maximum atomic E-state index is 6.29. The van der Waals surface area contributed by atoms with Gasteiger partial charge in [-0.05, 0) is 57.1 Å². The molecule has 0 amide bonds. The Morgan fingerprint density at radius 1 is 1.13 bits per heavy atom. The van der Waals surface area contributed by atoms with Crippen LogP contribution in [0.4, 0.5) is 5.82 Å². The summed E-state index contributed by atoms with van der Waals surface area (Å²) in [6, 6.07) is 11.0. The molecule has 2 N–H and O–H groups in total. The molecule has 1 fully saturated rings. The summed E-state index contributed by atoms with van der Waals surface area (Å²) >= 11 is 0. The van der Waals surface area contributed by atoms with E-state index in [0.29, 0.717) is 12.6 Å². The van der Waals surface area contributed by atoms with Crippen molar-refractivity contribution in [2.24, 2.45) is 5.73 Å². The van der Waals surface area contributed by atoms with Crippen molar-refractivity contribution in [1.82, 2.24) is 24.2 Å². The molecule has 0 spiro atoms. The first-order valence-electron chi connectivity index (χ1n) is 11.4. The molecule has 3 aromatic rings. The van der Waals surface area contributed by atoms with Crippen LogP contribution in [0.1, 0.15) is 41.5 Å². The molecule has 1 atom stereocenters. The van der Waals surface area contributed by atoms with Gasteiger partial charge in [0.2, 0.25) is 0 Å². The maximum Gasteiger partial charge on any atom is 0.138 e. The van der Waals surface area contributed by atoms with Crippen molar-refractivity contribution in [3.8, 4) is 0 Å². The summed E-state index contributed by atoms with van der Waals surface area (Å²) in [6.45, 7) is 5.46. The number of fused-ring (bicyclic) bond motifs is 2. The smallest absolute Gasteiger partial charge is 0.138 e. The zero-order valence-corrected chi connectivity index (χ0v) is 18.7. The highest BCUT2D eigenvalue weighted by Crippen LogP contribution is 2.33. The molecule has 5 rings (SSSR count). The molecule has 4 heterocycles. The van der Waals surface area contributed by atoms with Crippen molar-refractivity contribution in [3.63, 3.8) is 0 Å². The Hall–Kier alpha value is -2.48. The van der Waals surface area contributed by atoms with Crippen molar-refractivity contribution in [2.75, 3.05) is 45.2 Å². The van der Waals surface area contributed by atoms with Crippen LogP contribution in [-0.4, -0.2) is 64.4 Å². The number of aryl methyl sites for hydroxylation is 1. The quantitative estimate of drug-likeness (QED) is 0.685. The van der Waals surface area contributed by atoms with E-state index in [1.807, 2.05) is 6.20 Å². The number of hydrogen-bond acceptors (Lipinski definition) is 6. The Kier molecular flexibility index (Phi) is 5.65. The van der Waals surface area contributed by atoms with Crippen molar-refractivity contribution in [2.45, 2.75) is 38.4 Å². The normalized spacial score (nSPS) is 19.9. The molecular weight excluding hydrogens is 386 g/mol. The third kappa shape index (κ3) is 3.82. The number of imidazole rings is 1. The average Bonchev–Trinajstić information content (AvgIpc) is 3.16. The Labute approximate surface area is 184 Å². The molecule has 2 aliphatic rings. The first kappa shape index (κ1) is 20.4. The highest BCUT2D eigenvalue weighted by Gasteiger charge is 2.27. The summed E-state index contributed by atoms with van der Waals surface area (Å²) in [5.41, 5.74) is 12.1. The van der Waals surface area contributed by atoms with Gasteiger partial charge >= 0.3 is 0 Å². The van der Waals surface area contributed by atoms with Crippen LogP contribution in [0, 0.1) is 0 Å². The van der Waals surface area contributed by atoms with Gasteiger partial charge < -0.3 is 15.5 Å². The van der Waals surface area contributed by atoms with Crippen molar-refractivity contribution in [1.29, 1.82) is 0 Å². The minimum atomic E-state index is 0.331. The molecule has 1 saturated heterocycles. The molecule has 3 aromatic heterocycles. The summed E-state index contributed by atoms with van der Waals surface area (Å²) < 4.78 is 2.28. The molecule has 7 nitrogen and oxygen atoms in total. The van der Waals surface area contributed by atoms with Gasteiger partial charge in [0.25, 0.3) is 0 Å². The molecule has 0 radical (unpaired) electrons. The molecule has 164 valence electrons. The Balaban J connectivity index is 1.46. The van der Waals surface area contributed by atoms with E-state index in [-0.39, 0.29) is 0 Å². The largest absolute Gasteiger partial charge is 0.355 e. The summed E-state index contributed by atoms with van der Waals surface area (Å²) in [6.07, 6.45) is 5.39. The molecule has 1 aliphatic carbocycles. The highest BCUT2D eigenvalue weighted by atomic mass is 15.3. The third-order valence-electron chi connectivity index (χ3n) is 6.92. The second kappa shape index (κ2) is 8.57. The average molecular weight is 420 g/mol. The topological polar surface area (TPSA) is 65.9 Å². The lowest BCUT2D eigenvalue weighted by Crippen LogP contribution is -2.45. The summed E-state index contributed by atoms with van der Waals surface area (Å²) in [7, 11) is 4.38. The third-order valence-corrected chi connectivity index (χ3v) is 6.92. The number of likely N-dealkylation sites (N-methyl/N-ethyl adjacent to an activating group) is 1. The lowest BCUT2D eigenvalue weighted by Gasteiger charge is -2.34. The van der Waals surface area contributed by atoms with Crippen LogP contribution >= 0.6 is 0 Å². The maximum absolute atomic E-state index is 6.29. The van der Waals surface area contributed by atoms with Crippen LogP contribution < -0.4 is 10.6 Å². The zero-order valence-electron chi connectivity index (χ0n) is 18.7. The van der Waals surface area contributed by atoms with Crippen LogP contribution in [0.3, 0.4) is 0 Å². The lowest BCUT2D eigenvalue weighted by atomic mass is 9.91. The standard InChI is InChI=1S/C24H33N7/c1-28-12-14-30(15-13-28)23-10-4-9-22-27-19(21(16-25)31(22)23)17-29(2)20-8-3-6-18-7-5-11-26-24(18)20/h4-5,7,9-11,20H,3,6,8,12-17,25H2,1-2H3/t20-/m0/s1. The minimum Gasteiger partial charge on any atom is -0.355 e. The minimum absolute atomic E-state index is 0.331. The second-order valence-corrected chi connectivity index (χ2v) is 8.95. The van der Waals surface area contributed by atoms with E-state index in [4.69, 9.17) is 15.7 Å². The number of rotatable bonds is 5. The molecule has 31 heavy (non-hydrogen) atoms. The van der Waals surface area contributed by atoms with Gasteiger partial charge in [0, 0.05) is 45.5 Å². The molecule has 0 saturated carbocycles. The van der Waals surface area contributed by atoms with Gasteiger partial charge in [-0.1, -0.05) is 12.1 Å². The van der Waals surface area contributed by atoms with Gasteiger partial charge in [-0.3, -0.25) is 14.3 Å². The fraction of sp³-hybridized carbons (Fsp3) is 0.500. The Morgan fingerprint density at radius 2 is 1.97 bits per heavy atom. The summed E-state index contributed by atoms with van der Waals surface area (Å²) in [5, 5.41) is 0. The van der Waals surface area contributed by atoms with E-state index in [0.717, 1.165) is 62.6 Å². The number of nitrogens with two attached hydrogens (primary N) is 1. The number of pyridine rings is 2. The fourth-order valence-electron chi connectivity index (χ4n) is 5.16. The van der Waals surface area contributed by atoms with Gasteiger partial charge in [-0.15, -0.1) is 0 Å². The van der Waals surface area contributed by atoms with E-state index in [2.05, 4.69) is 63.5 Å². The van der Waals surface area contributed by atoms with Gasteiger partial charge in [0.15, 0.2) is 0 Å². The first-order chi connectivity index (χ1) is 15.2. The van der Waals surface area contributed by atoms with Gasteiger partial charge in [0.1, 0.15) is 11.5 Å².